The summed E-state index contributed by atoms with van der Waals surface area (Å²) >= 11 is 0. The number of nitrogens with two attached hydrogens (primary N) is 1. The molecular weight excluding hydrogens is 331 g/mol. The Morgan fingerprint density at radius 1 is 1.12 bits per heavy atom. The molecule has 0 spiro atoms. The number of amides is 1. The largest absolute Gasteiger partial charge is 0.367 e. The molecule has 1 saturated heterocycles. The van der Waals surface area contributed by atoms with Gasteiger partial charge in [0.1, 0.15) is 11.9 Å². The first-order valence-corrected chi connectivity index (χ1v) is 9.14. The van der Waals surface area contributed by atoms with Crippen LogP contribution in [0.15, 0.2) is 48.5 Å². The third kappa shape index (κ3) is 3.24. The van der Waals surface area contributed by atoms with E-state index in [1.165, 1.54) is 17.7 Å². The summed E-state index contributed by atoms with van der Waals surface area (Å²) in [7, 11) is 0. The molecule has 1 fully saturated rings. The van der Waals surface area contributed by atoms with E-state index < -0.39 is 6.10 Å². The van der Waals surface area contributed by atoms with Crippen molar-refractivity contribution < 1.29 is 13.9 Å². The zero-order chi connectivity index (χ0) is 18.1. The summed E-state index contributed by atoms with van der Waals surface area (Å²) in [6.07, 6.45) is 1.81. The van der Waals surface area contributed by atoms with E-state index in [4.69, 9.17) is 10.5 Å². The highest BCUT2D eigenvalue weighted by molar-refractivity contribution is 5.82. The number of fused-ring (bicyclic) bond motifs is 1. The molecule has 2 aromatic rings. The number of ether oxygens (including phenoxy) is 1. The third-order valence-corrected chi connectivity index (χ3v) is 5.34. The van der Waals surface area contributed by atoms with Crippen molar-refractivity contribution in [2.75, 3.05) is 13.2 Å². The Labute approximate surface area is 152 Å². The number of benzene rings is 2. The molecule has 1 amide bonds. The van der Waals surface area contributed by atoms with E-state index in [0.717, 1.165) is 24.0 Å². The molecular formula is C21H23FN2O2. The van der Waals surface area contributed by atoms with Crippen molar-refractivity contribution in [3.05, 3.63) is 71.0 Å². The molecule has 136 valence electrons. The van der Waals surface area contributed by atoms with Crippen molar-refractivity contribution in [1.29, 1.82) is 0 Å². The molecule has 0 saturated carbocycles. The van der Waals surface area contributed by atoms with Crippen LogP contribution in [0.25, 0.3) is 0 Å². The van der Waals surface area contributed by atoms with Crippen molar-refractivity contribution in [2.24, 2.45) is 5.73 Å². The number of carbonyl (C=O) groups excluding carboxylic acids is 1. The van der Waals surface area contributed by atoms with E-state index in [1.807, 2.05) is 17.0 Å². The van der Waals surface area contributed by atoms with Crippen molar-refractivity contribution >= 4 is 5.91 Å². The number of nitrogens with zero attached hydrogens (tertiary/aromatic N) is 1. The Morgan fingerprint density at radius 2 is 1.88 bits per heavy atom. The van der Waals surface area contributed by atoms with Gasteiger partial charge in [-0.3, -0.25) is 4.79 Å². The van der Waals surface area contributed by atoms with Gasteiger partial charge in [-0.2, -0.15) is 0 Å². The van der Waals surface area contributed by atoms with Crippen LogP contribution in [0.2, 0.25) is 0 Å². The predicted molar refractivity (Wildman–Crippen MR) is 97.1 cm³/mol. The summed E-state index contributed by atoms with van der Waals surface area (Å²) in [6.45, 7) is 1.05. The molecule has 0 aliphatic carbocycles. The van der Waals surface area contributed by atoms with Gasteiger partial charge in [-0.05, 0) is 48.1 Å². The van der Waals surface area contributed by atoms with Gasteiger partial charge >= 0.3 is 0 Å². The SMILES string of the molecule is N[C@@H]1CC[C@H](C(=O)N2CCc3ccccc3[C@@H]2c2ccc(F)cc2)OC1. The Hall–Kier alpha value is -2.24. The van der Waals surface area contributed by atoms with E-state index in [9.17, 15) is 9.18 Å². The Bertz CT molecular complexity index is 785. The summed E-state index contributed by atoms with van der Waals surface area (Å²) in [5, 5.41) is 0. The van der Waals surface area contributed by atoms with E-state index in [0.29, 0.717) is 19.6 Å². The second kappa shape index (κ2) is 7.17. The maximum absolute atomic E-state index is 13.4. The number of halogens is 1. The van der Waals surface area contributed by atoms with Gasteiger partial charge in [-0.15, -0.1) is 0 Å². The van der Waals surface area contributed by atoms with Gasteiger partial charge < -0.3 is 15.4 Å². The Balaban J connectivity index is 1.68. The molecule has 0 aromatic heterocycles. The molecule has 0 unspecified atom stereocenters. The summed E-state index contributed by atoms with van der Waals surface area (Å²) in [5.41, 5.74) is 9.14. The van der Waals surface area contributed by atoms with E-state index in [-0.39, 0.29) is 23.8 Å². The van der Waals surface area contributed by atoms with Crippen LogP contribution < -0.4 is 5.73 Å². The monoisotopic (exact) mass is 354 g/mol. The molecule has 3 atom stereocenters. The normalized spacial score (nSPS) is 25.6. The number of hydrogen-bond acceptors (Lipinski definition) is 3. The van der Waals surface area contributed by atoms with Crippen molar-refractivity contribution in [3.63, 3.8) is 0 Å². The minimum absolute atomic E-state index is 0.000674. The molecule has 2 aliphatic heterocycles. The van der Waals surface area contributed by atoms with E-state index >= 15 is 0 Å². The molecule has 5 heteroatoms. The van der Waals surface area contributed by atoms with Gasteiger partial charge in [0.15, 0.2) is 0 Å². The zero-order valence-corrected chi connectivity index (χ0v) is 14.6. The first-order chi connectivity index (χ1) is 12.6. The van der Waals surface area contributed by atoms with Gasteiger partial charge in [0.05, 0.1) is 12.6 Å². The Kier molecular flexibility index (Phi) is 4.74. The predicted octanol–water partition coefficient (Wildman–Crippen LogP) is 2.81. The van der Waals surface area contributed by atoms with Crippen LogP contribution >= 0.6 is 0 Å². The first-order valence-electron chi connectivity index (χ1n) is 9.14. The standard InChI is InChI=1S/C21H23FN2O2/c22-16-7-5-15(6-8-16)20-18-4-2-1-3-14(18)11-12-24(20)21(25)19-10-9-17(23)13-26-19/h1-8,17,19-20H,9-13,23H2/t17-,19-,20+/m1/s1. The summed E-state index contributed by atoms with van der Waals surface area (Å²) in [5.74, 6) is -0.277. The number of carbonyl (C=O) groups is 1. The van der Waals surface area contributed by atoms with E-state index in [1.54, 1.807) is 12.1 Å². The molecule has 4 rings (SSSR count). The smallest absolute Gasteiger partial charge is 0.252 e. The average molecular weight is 354 g/mol. The molecule has 0 radical (unpaired) electrons. The first kappa shape index (κ1) is 17.2. The summed E-state index contributed by atoms with van der Waals surface area (Å²) in [4.78, 5) is 15.1. The Morgan fingerprint density at radius 3 is 2.62 bits per heavy atom. The molecule has 2 aliphatic rings. The van der Waals surface area contributed by atoms with Crippen LogP contribution in [0.1, 0.15) is 35.6 Å². The number of rotatable bonds is 2. The lowest BCUT2D eigenvalue weighted by atomic mass is 9.87. The molecule has 4 nitrogen and oxygen atoms in total. The molecule has 26 heavy (non-hydrogen) atoms. The fourth-order valence-electron chi connectivity index (χ4n) is 3.96. The van der Waals surface area contributed by atoms with Gasteiger partial charge in [0.25, 0.3) is 5.91 Å². The minimum Gasteiger partial charge on any atom is -0.367 e. The summed E-state index contributed by atoms with van der Waals surface area (Å²) < 4.78 is 19.1. The van der Waals surface area contributed by atoms with Crippen LogP contribution in [-0.4, -0.2) is 36.1 Å². The molecule has 2 N–H and O–H groups in total. The van der Waals surface area contributed by atoms with E-state index in [2.05, 4.69) is 12.1 Å². The third-order valence-electron chi connectivity index (χ3n) is 5.34. The maximum atomic E-state index is 13.4. The lowest BCUT2D eigenvalue weighted by Crippen LogP contribution is -2.49. The van der Waals surface area contributed by atoms with Gasteiger partial charge in [0.2, 0.25) is 0 Å². The summed E-state index contributed by atoms with van der Waals surface area (Å²) in [6, 6.07) is 14.4. The molecule has 2 aromatic carbocycles. The lowest BCUT2D eigenvalue weighted by Gasteiger charge is -2.40. The van der Waals surface area contributed by atoms with Crippen LogP contribution in [-0.2, 0) is 16.0 Å². The fraction of sp³-hybridized carbons (Fsp3) is 0.381. The van der Waals surface area contributed by atoms with Gasteiger partial charge in [0, 0.05) is 12.6 Å². The molecule has 0 bridgehead atoms. The van der Waals surface area contributed by atoms with Gasteiger partial charge in [-0.1, -0.05) is 36.4 Å². The highest BCUT2D eigenvalue weighted by Gasteiger charge is 2.36. The van der Waals surface area contributed by atoms with Crippen LogP contribution in [0.4, 0.5) is 4.39 Å². The van der Waals surface area contributed by atoms with Crippen LogP contribution in [0, 0.1) is 5.82 Å². The zero-order valence-electron chi connectivity index (χ0n) is 14.6. The van der Waals surface area contributed by atoms with Crippen LogP contribution in [0.3, 0.4) is 0 Å². The minimum atomic E-state index is -0.442. The van der Waals surface area contributed by atoms with Gasteiger partial charge in [-0.25, -0.2) is 4.39 Å². The molecule has 2 heterocycles. The van der Waals surface area contributed by atoms with Crippen LogP contribution in [0.5, 0.6) is 0 Å². The second-order valence-corrected chi connectivity index (χ2v) is 7.09. The quantitative estimate of drug-likeness (QED) is 0.902. The lowest BCUT2D eigenvalue weighted by molar-refractivity contribution is -0.149. The fourth-order valence-corrected chi connectivity index (χ4v) is 3.96. The average Bonchev–Trinajstić information content (AvgIpc) is 2.68. The van der Waals surface area contributed by atoms with Crippen molar-refractivity contribution in [2.45, 2.75) is 37.5 Å². The topological polar surface area (TPSA) is 55.6 Å². The van der Waals surface area contributed by atoms with Crippen molar-refractivity contribution in [1.82, 2.24) is 4.90 Å². The highest BCUT2D eigenvalue weighted by atomic mass is 19.1. The second-order valence-electron chi connectivity index (χ2n) is 7.09. The highest BCUT2D eigenvalue weighted by Crippen LogP contribution is 2.36. The van der Waals surface area contributed by atoms with Crippen molar-refractivity contribution in [3.8, 4) is 0 Å². The maximum Gasteiger partial charge on any atom is 0.252 e. The number of hydrogen-bond donors (Lipinski definition) is 1.